The molecule has 5 heteroatoms. The number of benzene rings is 2. The van der Waals surface area contributed by atoms with E-state index >= 15 is 0 Å². The Morgan fingerprint density at radius 1 is 1.04 bits per heavy atom. The smallest absolute Gasteiger partial charge is 0.252 e. The van der Waals surface area contributed by atoms with Crippen LogP contribution in [0.1, 0.15) is 15.9 Å². The topological polar surface area (TPSA) is 35.6 Å². The number of amides is 1. The first kappa shape index (κ1) is 18.9. The molecule has 1 saturated heterocycles. The third kappa shape index (κ3) is 5.07. The molecule has 1 N–H and O–H groups in total. The molecule has 1 atom stereocenters. The molecule has 0 radical (unpaired) electrons. The Balaban J connectivity index is 1.67. The molecule has 1 aliphatic rings. The molecule has 0 aromatic heterocycles. The number of nitrogens with one attached hydrogen (secondary N) is 1. The van der Waals surface area contributed by atoms with Crippen molar-refractivity contribution < 1.29 is 4.79 Å². The van der Waals surface area contributed by atoms with E-state index in [1.807, 2.05) is 18.2 Å². The minimum atomic E-state index is -0.109. The normalized spacial score (nSPS) is 17.0. The molecule has 2 aromatic carbocycles. The lowest BCUT2D eigenvalue weighted by Gasteiger charge is -2.38. The van der Waals surface area contributed by atoms with E-state index in [4.69, 9.17) is 11.6 Å². The minimum Gasteiger partial charge on any atom is -0.350 e. The van der Waals surface area contributed by atoms with E-state index in [2.05, 4.69) is 46.4 Å². The van der Waals surface area contributed by atoms with Gasteiger partial charge in [0.2, 0.25) is 0 Å². The van der Waals surface area contributed by atoms with Crippen LogP contribution in [0, 0.1) is 0 Å². The first-order valence-corrected chi connectivity index (χ1v) is 9.50. The average Bonchev–Trinajstić information content (AvgIpc) is 2.67. The lowest BCUT2D eigenvalue weighted by Crippen LogP contribution is -2.53. The van der Waals surface area contributed by atoms with Crippen molar-refractivity contribution in [1.29, 1.82) is 0 Å². The number of carbonyl (C=O) groups is 1. The van der Waals surface area contributed by atoms with Crippen molar-refractivity contribution in [3.05, 3.63) is 70.7 Å². The molecule has 1 fully saturated rings. The summed E-state index contributed by atoms with van der Waals surface area (Å²) in [7, 11) is 2.16. The zero-order valence-electron chi connectivity index (χ0n) is 15.2. The fourth-order valence-electron chi connectivity index (χ4n) is 3.35. The van der Waals surface area contributed by atoms with Crippen molar-refractivity contribution in [3.63, 3.8) is 0 Å². The zero-order valence-corrected chi connectivity index (χ0v) is 16.0. The van der Waals surface area contributed by atoms with E-state index in [9.17, 15) is 4.79 Å². The molecular formula is C21H26ClN3O. The highest BCUT2D eigenvalue weighted by atomic mass is 35.5. The van der Waals surface area contributed by atoms with Crippen LogP contribution in [-0.2, 0) is 6.42 Å². The van der Waals surface area contributed by atoms with Crippen LogP contribution >= 0.6 is 11.6 Å². The molecule has 2 aromatic rings. The van der Waals surface area contributed by atoms with E-state index in [1.54, 1.807) is 12.1 Å². The van der Waals surface area contributed by atoms with Gasteiger partial charge in [0.05, 0.1) is 10.6 Å². The number of nitrogens with zero attached hydrogens (tertiary/aromatic N) is 2. The number of halogens is 1. The monoisotopic (exact) mass is 371 g/mol. The lowest BCUT2D eigenvalue weighted by molar-refractivity contribution is 0.0886. The number of hydrogen-bond acceptors (Lipinski definition) is 3. The second-order valence-electron chi connectivity index (χ2n) is 6.87. The number of piperazine rings is 1. The predicted octanol–water partition coefficient (Wildman–Crippen LogP) is 2.93. The zero-order chi connectivity index (χ0) is 18.4. The summed E-state index contributed by atoms with van der Waals surface area (Å²) in [6.07, 6.45) is 0.924. The Hall–Kier alpha value is -1.88. The number of hydrogen-bond donors (Lipinski definition) is 1. The SMILES string of the molecule is CN1CCN(C(CNC(=O)c2ccccc2Cl)Cc2ccccc2)CC1. The molecule has 3 rings (SSSR count). The molecule has 1 heterocycles. The van der Waals surface area contributed by atoms with Crippen LogP contribution in [0.3, 0.4) is 0 Å². The van der Waals surface area contributed by atoms with Crippen molar-refractivity contribution >= 4 is 17.5 Å². The van der Waals surface area contributed by atoms with Gasteiger partial charge >= 0.3 is 0 Å². The number of carbonyl (C=O) groups excluding carboxylic acids is 1. The summed E-state index contributed by atoms with van der Waals surface area (Å²) in [5.74, 6) is -0.109. The summed E-state index contributed by atoms with van der Waals surface area (Å²) in [6, 6.07) is 17.9. The maximum absolute atomic E-state index is 12.5. The quantitative estimate of drug-likeness (QED) is 0.848. The Morgan fingerprint density at radius 2 is 1.69 bits per heavy atom. The van der Waals surface area contributed by atoms with Crippen LogP contribution in [0.4, 0.5) is 0 Å². The summed E-state index contributed by atoms with van der Waals surface area (Å²) in [5, 5.41) is 3.58. The van der Waals surface area contributed by atoms with Gasteiger partial charge < -0.3 is 10.2 Å². The van der Waals surface area contributed by atoms with Gasteiger partial charge in [-0.15, -0.1) is 0 Å². The van der Waals surface area contributed by atoms with Gasteiger partial charge in [0.15, 0.2) is 0 Å². The van der Waals surface area contributed by atoms with Gasteiger partial charge in [-0.3, -0.25) is 9.69 Å². The van der Waals surface area contributed by atoms with Gasteiger partial charge in [-0.1, -0.05) is 54.1 Å². The molecule has 0 aliphatic carbocycles. The third-order valence-electron chi connectivity index (χ3n) is 4.99. The maximum atomic E-state index is 12.5. The van der Waals surface area contributed by atoms with Crippen LogP contribution < -0.4 is 5.32 Å². The Labute approximate surface area is 160 Å². The molecule has 4 nitrogen and oxygen atoms in total. The van der Waals surface area contributed by atoms with E-state index in [0.717, 1.165) is 32.6 Å². The fourth-order valence-corrected chi connectivity index (χ4v) is 3.58. The molecule has 0 bridgehead atoms. The van der Waals surface area contributed by atoms with Gasteiger partial charge in [-0.05, 0) is 31.2 Å². The van der Waals surface area contributed by atoms with Gasteiger partial charge in [-0.2, -0.15) is 0 Å². The van der Waals surface area contributed by atoms with E-state index in [1.165, 1.54) is 5.56 Å². The maximum Gasteiger partial charge on any atom is 0.252 e. The standard InChI is InChI=1S/C21H26ClN3O/c1-24-11-13-25(14-12-24)18(15-17-7-3-2-4-8-17)16-23-21(26)19-9-5-6-10-20(19)22/h2-10,18H,11-16H2,1H3,(H,23,26). The molecular weight excluding hydrogens is 346 g/mol. The summed E-state index contributed by atoms with van der Waals surface area (Å²) in [4.78, 5) is 17.4. The van der Waals surface area contributed by atoms with Crippen molar-refractivity contribution in [3.8, 4) is 0 Å². The van der Waals surface area contributed by atoms with Crippen LogP contribution in [0.25, 0.3) is 0 Å². The van der Waals surface area contributed by atoms with E-state index in [0.29, 0.717) is 17.1 Å². The molecule has 138 valence electrons. The Bertz CT molecular complexity index is 714. The van der Waals surface area contributed by atoms with Crippen molar-refractivity contribution in [2.45, 2.75) is 12.5 Å². The highest BCUT2D eigenvalue weighted by Gasteiger charge is 2.23. The van der Waals surface area contributed by atoms with Crippen LogP contribution in [0.2, 0.25) is 5.02 Å². The second-order valence-corrected chi connectivity index (χ2v) is 7.28. The summed E-state index contributed by atoms with van der Waals surface area (Å²) in [6.45, 7) is 4.78. The second kappa shape index (κ2) is 9.17. The molecule has 0 saturated carbocycles. The first-order valence-electron chi connectivity index (χ1n) is 9.13. The molecule has 1 aliphatic heterocycles. The van der Waals surface area contributed by atoms with Crippen molar-refractivity contribution in [2.75, 3.05) is 39.8 Å². The van der Waals surface area contributed by atoms with Crippen LogP contribution in [-0.4, -0.2) is 61.5 Å². The number of rotatable bonds is 6. The largest absolute Gasteiger partial charge is 0.350 e. The lowest BCUT2D eigenvalue weighted by atomic mass is 10.0. The fraction of sp³-hybridized carbons (Fsp3) is 0.381. The van der Waals surface area contributed by atoms with E-state index < -0.39 is 0 Å². The van der Waals surface area contributed by atoms with Crippen LogP contribution in [0.5, 0.6) is 0 Å². The minimum absolute atomic E-state index is 0.109. The Kier molecular flexibility index (Phi) is 6.67. The highest BCUT2D eigenvalue weighted by Crippen LogP contribution is 2.15. The van der Waals surface area contributed by atoms with Crippen molar-refractivity contribution in [1.82, 2.24) is 15.1 Å². The third-order valence-corrected chi connectivity index (χ3v) is 5.31. The summed E-state index contributed by atoms with van der Waals surface area (Å²) in [5.41, 5.74) is 1.83. The molecule has 26 heavy (non-hydrogen) atoms. The average molecular weight is 372 g/mol. The summed E-state index contributed by atoms with van der Waals surface area (Å²) >= 11 is 6.15. The molecule has 1 amide bonds. The van der Waals surface area contributed by atoms with Crippen molar-refractivity contribution in [2.24, 2.45) is 0 Å². The first-order chi connectivity index (χ1) is 12.6. The summed E-state index contributed by atoms with van der Waals surface area (Å²) < 4.78 is 0. The van der Waals surface area contributed by atoms with Gasteiger partial charge in [0, 0.05) is 38.8 Å². The van der Waals surface area contributed by atoms with Crippen LogP contribution in [0.15, 0.2) is 54.6 Å². The Morgan fingerprint density at radius 3 is 2.38 bits per heavy atom. The molecule has 0 spiro atoms. The van der Waals surface area contributed by atoms with E-state index in [-0.39, 0.29) is 11.9 Å². The predicted molar refractivity (Wildman–Crippen MR) is 107 cm³/mol. The number of likely N-dealkylation sites (N-methyl/N-ethyl adjacent to an activating group) is 1. The highest BCUT2D eigenvalue weighted by molar-refractivity contribution is 6.33. The van der Waals surface area contributed by atoms with Gasteiger partial charge in [-0.25, -0.2) is 0 Å². The van der Waals surface area contributed by atoms with Gasteiger partial charge in [0.25, 0.3) is 5.91 Å². The molecule has 1 unspecified atom stereocenters. The van der Waals surface area contributed by atoms with Gasteiger partial charge in [0.1, 0.15) is 0 Å².